The summed E-state index contributed by atoms with van der Waals surface area (Å²) in [5.41, 5.74) is 11.0. The third-order valence-electron chi connectivity index (χ3n) is 7.85. The lowest BCUT2D eigenvalue weighted by Gasteiger charge is -2.45. The van der Waals surface area contributed by atoms with E-state index in [4.69, 9.17) is 4.98 Å². The highest BCUT2D eigenvalue weighted by molar-refractivity contribution is 5.98. The zero-order valence-corrected chi connectivity index (χ0v) is 21.0. The predicted molar refractivity (Wildman–Crippen MR) is 142 cm³/mol. The monoisotopic (exact) mass is 464 g/mol. The first-order chi connectivity index (χ1) is 16.8. The number of nitrogens with one attached hydrogen (secondary N) is 1. The molecule has 5 heteroatoms. The van der Waals surface area contributed by atoms with Crippen molar-refractivity contribution in [1.82, 2.24) is 19.8 Å². The summed E-state index contributed by atoms with van der Waals surface area (Å²) in [6, 6.07) is 14.9. The maximum absolute atomic E-state index is 12.3. The number of aromatic nitrogens is 2. The van der Waals surface area contributed by atoms with Gasteiger partial charge in [-0.15, -0.1) is 0 Å². The lowest BCUT2D eigenvalue weighted by Crippen LogP contribution is -2.44. The maximum Gasteiger partial charge on any atom is 0.253 e. The second-order valence-electron chi connectivity index (χ2n) is 10.9. The smallest absolute Gasteiger partial charge is 0.253 e. The summed E-state index contributed by atoms with van der Waals surface area (Å²) >= 11 is 0. The van der Waals surface area contributed by atoms with Gasteiger partial charge in [0.2, 0.25) is 0 Å². The van der Waals surface area contributed by atoms with Gasteiger partial charge in [-0.2, -0.15) is 0 Å². The first-order valence-corrected chi connectivity index (χ1v) is 12.5. The van der Waals surface area contributed by atoms with E-state index in [2.05, 4.69) is 42.1 Å². The molecule has 0 spiro atoms. The Kier molecular flexibility index (Phi) is 5.08. The fourth-order valence-corrected chi connectivity index (χ4v) is 6.38. The third-order valence-corrected chi connectivity index (χ3v) is 7.85. The summed E-state index contributed by atoms with van der Waals surface area (Å²) in [6.45, 7) is 4.60. The molecule has 1 amide bonds. The molecule has 1 aliphatic heterocycles. The van der Waals surface area contributed by atoms with Crippen molar-refractivity contribution in [2.45, 2.75) is 38.1 Å². The Bertz CT molecular complexity index is 1450. The van der Waals surface area contributed by atoms with Gasteiger partial charge in [0.05, 0.1) is 0 Å². The van der Waals surface area contributed by atoms with Crippen LogP contribution in [0.1, 0.15) is 46.8 Å². The largest absolute Gasteiger partial charge is 0.346 e. The molecule has 0 unspecified atom stereocenters. The first kappa shape index (κ1) is 22.1. The van der Waals surface area contributed by atoms with Gasteiger partial charge >= 0.3 is 0 Å². The van der Waals surface area contributed by atoms with Crippen LogP contribution in [0.3, 0.4) is 0 Å². The van der Waals surface area contributed by atoms with Crippen molar-refractivity contribution in [2.24, 2.45) is 0 Å². The first-order valence-electron chi connectivity index (χ1n) is 12.5. The maximum atomic E-state index is 12.3. The molecule has 178 valence electrons. The van der Waals surface area contributed by atoms with E-state index in [1.165, 1.54) is 36.0 Å². The Balaban J connectivity index is 1.42. The molecule has 5 nitrogen and oxygen atoms in total. The Labute approximate surface area is 206 Å². The molecule has 35 heavy (non-hydrogen) atoms. The molecule has 2 aromatic carbocycles. The van der Waals surface area contributed by atoms with E-state index in [-0.39, 0.29) is 11.3 Å². The van der Waals surface area contributed by atoms with Crippen molar-refractivity contribution in [3.63, 3.8) is 0 Å². The van der Waals surface area contributed by atoms with Crippen LogP contribution in [0, 0.1) is 0 Å². The zero-order chi connectivity index (χ0) is 24.3. The number of carbonyl (C=O) groups is 1. The van der Waals surface area contributed by atoms with Crippen molar-refractivity contribution < 1.29 is 4.79 Å². The molecule has 2 aliphatic rings. The molecule has 0 saturated carbocycles. The summed E-state index contributed by atoms with van der Waals surface area (Å²) < 4.78 is 0. The molecule has 0 saturated heterocycles. The second-order valence-corrected chi connectivity index (χ2v) is 10.9. The molecular formula is C30H32N4O. The lowest BCUT2D eigenvalue weighted by atomic mass is 9.67. The Morgan fingerprint density at radius 1 is 1.06 bits per heavy atom. The lowest BCUT2D eigenvalue weighted by molar-refractivity contribution is 0.0827. The van der Waals surface area contributed by atoms with Gasteiger partial charge in [-0.1, -0.05) is 25.1 Å². The van der Waals surface area contributed by atoms with E-state index in [0.29, 0.717) is 5.56 Å². The molecule has 6 rings (SSSR count). The molecular weight excluding hydrogens is 432 g/mol. The highest BCUT2D eigenvalue weighted by atomic mass is 16.2. The summed E-state index contributed by atoms with van der Waals surface area (Å²) in [6.07, 6.45) is 7.70. The number of benzene rings is 2. The molecule has 1 aliphatic carbocycles. The second kappa shape index (κ2) is 8.06. The van der Waals surface area contributed by atoms with Crippen molar-refractivity contribution in [2.75, 3.05) is 27.7 Å². The van der Waals surface area contributed by atoms with E-state index < -0.39 is 0 Å². The summed E-state index contributed by atoms with van der Waals surface area (Å²) in [5.74, 6) is 0.0116. The topological polar surface area (TPSA) is 52.2 Å². The number of hydrogen-bond donors (Lipinski definition) is 1. The molecule has 2 aromatic heterocycles. The third kappa shape index (κ3) is 3.66. The van der Waals surface area contributed by atoms with Crippen LogP contribution in [0.2, 0.25) is 0 Å². The predicted octanol–water partition coefficient (Wildman–Crippen LogP) is 5.64. The highest BCUT2D eigenvalue weighted by Gasteiger charge is 2.38. The SMILES string of the molecule is CN1Cc2cc(-c3cnc4[nH]cc(-c5ccc(C(=O)N(C)C)cc5)c4c3)cc3c2[C@](C)(CCC3)C1. The molecule has 0 fully saturated rings. The van der Waals surface area contributed by atoms with Gasteiger partial charge in [0.25, 0.3) is 5.91 Å². The van der Waals surface area contributed by atoms with Gasteiger partial charge in [-0.05, 0) is 78.4 Å². The van der Waals surface area contributed by atoms with E-state index in [1.54, 1.807) is 24.6 Å². The number of pyridine rings is 1. The van der Waals surface area contributed by atoms with Gasteiger partial charge in [0.1, 0.15) is 5.65 Å². The fraction of sp³-hybridized carbons (Fsp3) is 0.333. The minimum Gasteiger partial charge on any atom is -0.346 e. The van der Waals surface area contributed by atoms with Crippen molar-refractivity contribution in [1.29, 1.82) is 0 Å². The number of carbonyl (C=O) groups excluding carboxylic acids is 1. The van der Waals surface area contributed by atoms with Gasteiger partial charge in [-0.25, -0.2) is 4.98 Å². The number of aryl methyl sites for hydroxylation is 1. The van der Waals surface area contributed by atoms with E-state index in [0.717, 1.165) is 40.8 Å². The number of hydrogen-bond acceptors (Lipinski definition) is 3. The minimum absolute atomic E-state index is 0.0116. The number of nitrogens with zero attached hydrogens (tertiary/aromatic N) is 3. The highest BCUT2D eigenvalue weighted by Crippen LogP contribution is 2.45. The van der Waals surface area contributed by atoms with Gasteiger partial charge < -0.3 is 14.8 Å². The van der Waals surface area contributed by atoms with Crippen LogP contribution in [-0.2, 0) is 18.4 Å². The van der Waals surface area contributed by atoms with Crippen LogP contribution in [0.25, 0.3) is 33.3 Å². The molecule has 0 radical (unpaired) electrons. The van der Waals surface area contributed by atoms with Crippen LogP contribution in [-0.4, -0.2) is 53.4 Å². The van der Waals surface area contributed by atoms with Crippen LogP contribution in [0.4, 0.5) is 0 Å². The van der Waals surface area contributed by atoms with Gasteiger partial charge in [-0.3, -0.25) is 4.79 Å². The molecule has 1 N–H and O–H groups in total. The summed E-state index contributed by atoms with van der Waals surface area (Å²) in [5, 5.41) is 1.10. The van der Waals surface area contributed by atoms with E-state index in [1.807, 2.05) is 36.7 Å². The summed E-state index contributed by atoms with van der Waals surface area (Å²) in [7, 11) is 5.79. The number of rotatable bonds is 3. The number of likely N-dealkylation sites (N-methyl/N-ethyl adjacent to an activating group) is 1. The Morgan fingerprint density at radius 3 is 2.60 bits per heavy atom. The molecule has 3 heterocycles. The van der Waals surface area contributed by atoms with Gasteiger partial charge in [0, 0.05) is 67.1 Å². The molecule has 1 atom stereocenters. The van der Waals surface area contributed by atoms with E-state index >= 15 is 0 Å². The molecule has 4 aromatic rings. The quantitative estimate of drug-likeness (QED) is 0.427. The molecule has 0 bridgehead atoms. The number of amides is 1. The average Bonchev–Trinajstić information content (AvgIpc) is 3.26. The van der Waals surface area contributed by atoms with Crippen molar-refractivity contribution in [3.8, 4) is 22.3 Å². The standard InChI is InChI=1S/C30H32N4O/c1-30-11-5-6-21-12-22(13-24(27(21)30)17-34(4)18-30)23-14-25-26(16-32-28(25)31-15-23)19-7-9-20(10-8-19)29(35)33(2)3/h7-10,12-16H,5-6,11,17-18H2,1-4H3,(H,31,32)/t30-/m1/s1. The van der Waals surface area contributed by atoms with Gasteiger partial charge in [0.15, 0.2) is 0 Å². The number of fused-ring (bicyclic) bond motifs is 1. The normalized spacial score (nSPS) is 19.5. The average molecular weight is 465 g/mol. The summed E-state index contributed by atoms with van der Waals surface area (Å²) in [4.78, 5) is 24.4. The minimum atomic E-state index is 0.0116. The van der Waals surface area contributed by atoms with Crippen LogP contribution >= 0.6 is 0 Å². The van der Waals surface area contributed by atoms with Crippen LogP contribution in [0.5, 0.6) is 0 Å². The Hall–Kier alpha value is -3.44. The number of H-pyrrole nitrogens is 1. The Morgan fingerprint density at radius 2 is 1.83 bits per heavy atom. The van der Waals surface area contributed by atoms with Crippen molar-refractivity contribution in [3.05, 3.63) is 77.1 Å². The van der Waals surface area contributed by atoms with Crippen LogP contribution in [0.15, 0.2) is 54.9 Å². The zero-order valence-electron chi connectivity index (χ0n) is 21.0. The van der Waals surface area contributed by atoms with E-state index in [9.17, 15) is 4.79 Å². The number of aromatic amines is 1. The fourth-order valence-electron chi connectivity index (χ4n) is 6.38. The van der Waals surface area contributed by atoms with Crippen LogP contribution < -0.4 is 0 Å². The van der Waals surface area contributed by atoms with Crippen molar-refractivity contribution >= 4 is 16.9 Å².